The fourth-order valence-corrected chi connectivity index (χ4v) is 1.88. The average Bonchev–Trinajstić information content (AvgIpc) is 2.78. The highest BCUT2D eigenvalue weighted by atomic mass is 19.2. The first-order valence-electron chi connectivity index (χ1n) is 6.30. The molecule has 20 heavy (non-hydrogen) atoms. The van der Waals surface area contributed by atoms with E-state index in [1.54, 1.807) is 13.2 Å². The Kier molecular flexibility index (Phi) is 4.68. The highest BCUT2D eigenvalue weighted by molar-refractivity contribution is 5.31. The number of methoxy groups -OCH3 is 1. The van der Waals surface area contributed by atoms with Crippen molar-refractivity contribution in [3.8, 4) is 0 Å². The van der Waals surface area contributed by atoms with Crippen LogP contribution in [0.15, 0.2) is 24.4 Å². The Morgan fingerprint density at radius 1 is 1.30 bits per heavy atom. The summed E-state index contributed by atoms with van der Waals surface area (Å²) in [5.41, 5.74) is 1.54. The van der Waals surface area contributed by atoms with Crippen molar-refractivity contribution in [2.75, 3.05) is 19.0 Å². The number of rotatable bonds is 6. The van der Waals surface area contributed by atoms with Crippen LogP contribution in [-0.2, 0) is 17.8 Å². The fraction of sp³-hybridized carbons (Fsp3) is 0.357. The first kappa shape index (κ1) is 14.5. The molecule has 0 fully saturated rings. The van der Waals surface area contributed by atoms with Gasteiger partial charge in [0.15, 0.2) is 11.6 Å². The molecule has 0 radical (unpaired) electrons. The number of hydrogen-bond donors (Lipinski definition) is 1. The smallest absolute Gasteiger partial charge is 0.203 e. The third-order valence-corrected chi connectivity index (χ3v) is 2.87. The largest absolute Gasteiger partial charge is 0.383 e. The van der Waals surface area contributed by atoms with E-state index in [9.17, 15) is 8.78 Å². The van der Waals surface area contributed by atoms with Crippen molar-refractivity contribution in [1.82, 2.24) is 9.55 Å². The number of imidazole rings is 1. The Bertz CT molecular complexity index is 584. The highest BCUT2D eigenvalue weighted by Crippen LogP contribution is 2.12. The Morgan fingerprint density at radius 3 is 2.80 bits per heavy atom. The Labute approximate surface area is 116 Å². The molecular formula is C14H17F2N3O. The van der Waals surface area contributed by atoms with Crippen LogP contribution in [0.4, 0.5) is 14.7 Å². The number of hydrogen-bond acceptors (Lipinski definition) is 3. The predicted octanol–water partition coefficient (Wildman–Crippen LogP) is 2.73. The van der Waals surface area contributed by atoms with Crippen molar-refractivity contribution < 1.29 is 13.5 Å². The molecule has 4 nitrogen and oxygen atoms in total. The molecule has 0 bridgehead atoms. The maximum absolute atomic E-state index is 13.1. The summed E-state index contributed by atoms with van der Waals surface area (Å²) in [7, 11) is 1.64. The summed E-state index contributed by atoms with van der Waals surface area (Å²) in [6, 6.07) is 3.84. The Hall–Kier alpha value is -1.95. The zero-order chi connectivity index (χ0) is 14.5. The van der Waals surface area contributed by atoms with Gasteiger partial charge in [0.1, 0.15) is 0 Å². The van der Waals surface area contributed by atoms with Gasteiger partial charge in [-0.2, -0.15) is 0 Å². The monoisotopic (exact) mass is 281 g/mol. The third kappa shape index (κ3) is 3.54. The van der Waals surface area contributed by atoms with Crippen molar-refractivity contribution in [1.29, 1.82) is 0 Å². The number of aryl methyl sites for hydroxylation is 1. The zero-order valence-electron chi connectivity index (χ0n) is 11.5. The molecule has 1 aromatic carbocycles. The molecule has 0 aliphatic heterocycles. The maximum Gasteiger partial charge on any atom is 0.203 e. The normalized spacial score (nSPS) is 10.8. The molecule has 0 saturated heterocycles. The molecule has 2 rings (SSSR count). The van der Waals surface area contributed by atoms with E-state index in [-0.39, 0.29) is 0 Å². The molecule has 0 unspecified atom stereocenters. The first-order valence-corrected chi connectivity index (χ1v) is 6.30. The number of nitrogens with one attached hydrogen (secondary N) is 1. The van der Waals surface area contributed by atoms with E-state index in [0.29, 0.717) is 31.2 Å². The van der Waals surface area contributed by atoms with Crippen LogP contribution in [-0.4, -0.2) is 23.3 Å². The number of halogens is 2. The van der Waals surface area contributed by atoms with Gasteiger partial charge in [-0.15, -0.1) is 0 Å². The third-order valence-electron chi connectivity index (χ3n) is 2.87. The van der Waals surface area contributed by atoms with Gasteiger partial charge in [-0.05, 0) is 24.6 Å². The summed E-state index contributed by atoms with van der Waals surface area (Å²) in [6.07, 6.45) is 1.91. The van der Waals surface area contributed by atoms with Crippen molar-refractivity contribution >= 4 is 5.95 Å². The van der Waals surface area contributed by atoms with Gasteiger partial charge in [-0.1, -0.05) is 6.07 Å². The van der Waals surface area contributed by atoms with Crippen LogP contribution in [0.5, 0.6) is 0 Å². The summed E-state index contributed by atoms with van der Waals surface area (Å²) >= 11 is 0. The lowest BCUT2D eigenvalue weighted by Crippen LogP contribution is -2.10. The van der Waals surface area contributed by atoms with E-state index >= 15 is 0 Å². The molecule has 0 spiro atoms. The van der Waals surface area contributed by atoms with Crippen LogP contribution < -0.4 is 5.32 Å². The van der Waals surface area contributed by atoms with Crippen LogP contribution in [0.1, 0.15) is 11.3 Å². The number of aromatic nitrogens is 2. The minimum Gasteiger partial charge on any atom is -0.383 e. The molecule has 0 amide bonds. The number of anilines is 1. The van der Waals surface area contributed by atoms with Crippen molar-refractivity contribution in [2.24, 2.45) is 0 Å². The second-order valence-electron chi connectivity index (χ2n) is 4.49. The van der Waals surface area contributed by atoms with Crippen LogP contribution in [0.2, 0.25) is 0 Å². The van der Waals surface area contributed by atoms with Gasteiger partial charge in [0.25, 0.3) is 0 Å². The molecule has 0 atom stereocenters. The van der Waals surface area contributed by atoms with Gasteiger partial charge in [0, 0.05) is 26.4 Å². The highest BCUT2D eigenvalue weighted by Gasteiger charge is 2.06. The summed E-state index contributed by atoms with van der Waals surface area (Å²) < 4.78 is 32.9. The molecule has 0 saturated carbocycles. The molecule has 6 heteroatoms. The fourth-order valence-electron chi connectivity index (χ4n) is 1.88. The summed E-state index contributed by atoms with van der Waals surface area (Å²) in [5, 5.41) is 3.11. The minimum atomic E-state index is -0.844. The maximum atomic E-state index is 13.1. The lowest BCUT2D eigenvalue weighted by atomic mass is 10.2. The van der Waals surface area contributed by atoms with Gasteiger partial charge in [0.2, 0.25) is 5.95 Å². The molecule has 0 aliphatic rings. The zero-order valence-corrected chi connectivity index (χ0v) is 11.5. The molecule has 1 heterocycles. The SMILES string of the molecule is COCCn1cc(C)nc1NCc1ccc(F)c(F)c1. The molecule has 1 aromatic heterocycles. The second kappa shape index (κ2) is 6.47. The molecule has 0 aliphatic carbocycles. The van der Waals surface area contributed by atoms with Crippen molar-refractivity contribution in [2.45, 2.75) is 20.0 Å². The number of ether oxygens (including phenoxy) is 1. The van der Waals surface area contributed by atoms with Gasteiger partial charge in [0.05, 0.1) is 12.3 Å². The van der Waals surface area contributed by atoms with Crippen LogP contribution in [0.25, 0.3) is 0 Å². The molecular weight excluding hydrogens is 264 g/mol. The molecule has 108 valence electrons. The van der Waals surface area contributed by atoms with E-state index in [4.69, 9.17) is 4.74 Å². The van der Waals surface area contributed by atoms with E-state index in [0.717, 1.165) is 11.8 Å². The van der Waals surface area contributed by atoms with Crippen molar-refractivity contribution in [3.05, 3.63) is 47.3 Å². The van der Waals surface area contributed by atoms with Gasteiger partial charge >= 0.3 is 0 Å². The summed E-state index contributed by atoms with van der Waals surface area (Å²) in [4.78, 5) is 4.35. The summed E-state index contributed by atoms with van der Waals surface area (Å²) in [6.45, 7) is 3.53. The number of nitrogens with zero attached hydrogens (tertiary/aromatic N) is 2. The topological polar surface area (TPSA) is 39.1 Å². The van der Waals surface area contributed by atoms with E-state index < -0.39 is 11.6 Å². The van der Waals surface area contributed by atoms with Crippen LogP contribution >= 0.6 is 0 Å². The summed E-state index contributed by atoms with van der Waals surface area (Å²) in [5.74, 6) is -1.00. The Balaban J connectivity index is 2.04. The van der Waals surface area contributed by atoms with Gasteiger partial charge in [-0.3, -0.25) is 0 Å². The average molecular weight is 281 g/mol. The Morgan fingerprint density at radius 2 is 2.10 bits per heavy atom. The van der Waals surface area contributed by atoms with Gasteiger partial charge < -0.3 is 14.6 Å². The minimum absolute atomic E-state index is 0.376. The van der Waals surface area contributed by atoms with Gasteiger partial charge in [-0.25, -0.2) is 13.8 Å². The first-order chi connectivity index (χ1) is 9.60. The predicted molar refractivity (Wildman–Crippen MR) is 72.5 cm³/mol. The lowest BCUT2D eigenvalue weighted by Gasteiger charge is -2.09. The van der Waals surface area contributed by atoms with E-state index in [1.165, 1.54) is 6.07 Å². The number of benzene rings is 1. The standard InChI is InChI=1S/C14H17F2N3O/c1-10-9-19(5-6-20-2)14(18-10)17-8-11-3-4-12(15)13(16)7-11/h3-4,7,9H,5-6,8H2,1-2H3,(H,17,18). The molecule has 2 aromatic rings. The lowest BCUT2D eigenvalue weighted by molar-refractivity contribution is 0.187. The second-order valence-corrected chi connectivity index (χ2v) is 4.49. The van der Waals surface area contributed by atoms with Crippen molar-refractivity contribution in [3.63, 3.8) is 0 Å². The quantitative estimate of drug-likeness (QED) is 0.885. The van der Waals surface area contributed by atoms with Crippen LogP contribution in [0, 0.1) is 18.6 Å². The van der Waals surface area contributed by atoms with E-state index in [1.807, 2.05) is 17.7 Å². The van der Waals surface area contributed by atoms with Crippen LogP contribution in [0.3, 0.4) is 0 Å². The van der Waals surface area contributed by atoms with E-state index in [2.05, 4.69) is 10.3 Å². The molecule has 1 N–H and O–H groups in total.